The average Bonchev–Trinajstić information content (AvgIpc) is 3.00. The number of carbonyl (C=O) groups is 3. The van der Waals surface area contributed by atoms with Crippen LogP contribution in [0.25, 0.3) is 0 Å². The lowest BCUT2D eigenvalue weighted by molar-refractivity contribution is -0.148. The van der Waals surface area contributed by atoms with E-state index in [1.165, 1.54) is 21.3 Å². The summed E-state index contributed by atoms with van der Waals surface area (Å²) in [5.74, 6) is -4.10. The van der Waals surface area contributed by atoms with Gasteiger partial charge in [0, 0.05) is 0 Å². The monoisotopic (exact) mass is 216 g/mol. The first-order valence-electron chi connectivity index (χ1n) is 4.32. The number of carbonyl (C=O) groups excluding carboxylic acids is 3. The van der Waals surface area contributed by atoms with Crippen LogP contribution in [0.5, 0.6) is 0 Å². The van der Waals surface area contributed by atoms with E-state index in [0.29, 0.717) is 0 Å². The minimum Gasteiger partial charge on any atom is -0.469 e. The maximum absolute atomic E-state index is 11.2. The van der Waals surface area contributed by atoms with Crippen molar-refractivity contribution in [2.75, 3.05) is 21.3 Å². The minimum atomic E-state index is -0.769. The summed E-state index contributed by atoms with van der Waals surface area (Å²) in [4.78, 5) is 33.6. The fourth-order valence-corrected chi connectivity index (χ4v) is 1.60. The number of hydrogen-bond acceptors (Lipinski definition) is 6. The van der Waals surface area contributed by atoms with Gasteiger partial charge in [-0.25, -0.2) is 0 Å². The molecule has 84 valence electrons. The van der Waals surface area contributed by atoms with Crippen LogP contribution in [0.1, 0.15) is 0 Å². The third-order valence-corrected chi connectivity index (χ3v) is 2.44. The van der Waals surface area contributed by atoms with Gasteiger partial charge in [-0.3, -0.25) is 14.4 Å². The molecule has 15 heavy (non-hydrogen) atoms. The molecule has 0 aromatic heterocycles. The number of methoxy groups -OCH3 is 3. The minimum absolute atomic E-state index is 0.596. The molecular weight excluding hydrogens is 204 g/mol. The first-order chi connectivity index (χ1) is 7.08. The zero-order valence-electron chi connectivity index (χ0n) is 8.68. The van der Waals surface area contributed by atoms with Gasteiger partial charge in [-0.15, -0.1) is 0 Å². The Bertz CT molecular complexity index is 243. The van der Waals surface area contributed by atoms with Gasteiger partial charge in [0.1, 0.15) is 0 Å². The van der Waals surface area contributed by atoms with Gasteiger partial charge >= 0.3 is 17.9 Å². The van der Waals surface area contributed by atoms with Crippen LogP contribution in [-0.2, 0) is 28.6 Å². The molecule has 0 bridgehead atoms. The Morgan fingerprint density at radius 3 is 1.00 bits per heavy atom. The second-order valence-corrected chi connectivity index (χ2v) is 3.15. The average molecular weight is 216 g/mol. The summed E-state index contributed by atoms with van der Waals surface area (Å²) in [6.45, 7) is 0. The molecule has 1 saturated carbocycles. The molecule has 1 rings (SSSR count). The Labute approximate surface area is 86.5 Å². The van der Waals surface area contributed by atoms with Crippen LogP contribution in [0.3, 0.4) is 0 Å². The van der Waals surface area contributed by atoms with Crippen LogP contribution >= 0.6 is 0 Å². The fourth-order valence-electron chi connectivity index (χ4n) is 1.60. The molecule has 1 aliphatic carbocycles. The topological polar surface area (TPSA) is 78.9 Å². The smallest absolute Gasteiger partial charge is 0.310 e. The maximum Gasteiger partial charge on any atom is 0.310 e. The molecule has 0 heterocycles. The van der Waals surface area contributed by atoms with Crippen molar-refractivity contribution in [3.63, 3.8) is 0 Å². The quantitative estimate of drug-likeness (QED) is 0.461. The van der Waals surface area contributed by atoms with Gasteiger partial charge in [-0.2, -0.15) is 0 Å². The number of rotatable bonds is 3. The highest BCUT2D eigenvalue weighted by molar-refractivity contribution is 5.97. The van der Waals surface area contributed by atoms with Crippen LogP contribution in [-0.4, -0.2) is 39.2 Å². The summed E-state index contributed by atoms with van der Waals surface area (Å²) in [7, 11) is 3.59. The second kappa shape index (κ2) is 4.29. The van der Waals surface area contributed by atoms with Crippen molar-refractivity contribution in [2.24, 2.45) is 17.8 Å². The molecule has 6 nitrogen and oxygen atoms in total. The molecule has 0 aliphatic heterocycles. The van der Waals surface area contributed by atoms with E-state index < -0.39 is 35.7 Å². The molecule has 0 radical (unpaired) electrons. The van der Waals surface area contributed by atoms with Crippen LogP contribution in [0.15, 0.2) is 0 Å². The first-order valence-corrected chi connectivity index (χ1v) is 4.32. The first kappa shape index (κ1) is 11.5. The molecule has 0 unspecified atom stereocenters. The van der Waals surface area contributed by atoms with Crippen molar-refractivity contribution in [3.05, 3.63) is 0 Å². The molecule has 1 aliphatic rings. The lowest BCUT2D eigenvalue weighted by Gasteiger charge is -1.95. The van der Waals surface area contributed by atoms with E-state index >= 15 is 0 Å². The van der Waals surface area contributed by atoms with E-state index in [0.717, 1.165) is 0 Å². The Morgan fingerprint density at radius 2 is 0.867 bits per heavy atom. The van der Waals surface area contributed by atoms with E-state index in [9.17, 15) is 14.4 Å². The van der Waals surface area contributed by atoms with E-state index in [1.807, 2.05) is 0 Å². The largest absolute Gasteiger partial charge is 0.469 e. The molecule has 6 heteroatoms. The Kier molecular flexibility index (Phi) is 3.28. The summed E-state index contributed by atoms with van der Waals surface area (Å²) in [5.41, 5.74) is 0. The lowest BCUT2D eigenvalue weighted by Crippen LogP contribution is -2.10. The van der Waals surface area contributed by atoms with Crippen LogP contribution in [0.2, 0.25) is 0 Å². The molecule has 0 aromatic rings. The lowest BCUT2D eigenvalue weighted by atomic mass is 10.3. The summed E-state index contributed by atoms with van der Waals surface area (Å²) in [5, 5.41) is 0. The van der Waals surface area contributed by atoms with Gasteiger partial charge < -0.3 is 14.2 Å². The normalized spacial score (nSPS) is 27.8. The number of ether oxygens (including phenoxy) is 3. The highest BCUT2D eigenvalue weighted by atomic mass is 16.5. The van der Waals surface area contributed by atoms with E-state index in [1.54, 1.807) is 0 Å². The highest BCUT2D eigenvalue weighted by Crippen LogP contribution is 2.48. The number of esters is 3. The summed E-state index contributed by atoms with van der Waals surface area (Å²) < 4.78 is 13.4. The van der Waals surface area contributed by atoms with Gasteiger partial charge in [0.05, 0.1) is 39.1 Å². The standard InChI is InChI=1S/C9H12O6/c1-13-7(10)4-5(8(11)14-2)6(4)9(12)15-3/h4-6H,1-3H3. The van der Waals surface area contributed by atoms with Gasteiger partial charge in [-0.1, -0.05) is 0 Å². The van der Waals surface area contributed by atoms with Crippen molar-refractivity contribution in [2.45, 2.75) is 0 Å². The van der Waals surface area contributed by atoms with Crippen molar-refractivity contribution in [1.82, 2.24) is 0 Å². The molecule has 0 saturated heterocycles. The molecule has 0 N–H and O–H groups in total. The Hall–Kier alpha value is -1.59. The van der Waals surface area contributed by atoms with Crippen molar-refractivity contribution in [1.29, 1.82) is 0 Å². The molecule has 1 fully saturated rings. The van der Waals surface area contributed by atoms with Crippen LogP contribution < -0.4 is 0 Å². The van der Waals surface area contributed by atoms with E-state index in [-0.39, 0.29) is 0 Å². The molecule has 0 aromatic carbocycles. The van der Waals surface area contributed by atoms with Gasteiger partial charge in [-0.05, 0) is 0 Å². The second-order valence-electron chi connectivity index (χ2n) is 3.15. The zero-order chi connectivity index (χ0) is 11.6. The van der Waals surface area contributed by atoms with E-state index in [2.05, 4.69) is 14.2 Å². The van der Waals surface area contributed by atoms with Crippen molar-refractivity contribution in [3.8, 4) is 0 Å². The Balaban J connectivity index is 2.75. The molecule has 0 atom stereocenters. The van der Waals surface area contributed by atoms with Gasteiger partial charge in [0.25, 0.3) is 0 Å². The molecule has 0 spiro atoms. The molecule has 0 amide bonds. The SMILES string of the molecule is COC(=O)C1C(C(=O)OC)C1C(=O)OC. The Morgan fingerprint density at radius 1 is 0.667 bits per heavy atom. The van der Waals surface area contributed by atoms with Crippen LogP contribution in [0.4, 0.5) is 0 Å². The number of hydrogen-bond donors (Lipinski definition) is 0. The van der Waals surface area contributed by atoms with Crippen LogP contribution in [0, 0.1) is 17.8 Å². The predicted molar refractivity (Wildman–Crippen MR) is 46.5 cm³/mol. The van der Waals surface area contributed by atoms with Gasteiger partial charge in [0.2, 0.25) is 0 Å². The van der Waals surface area contributed by atoms with Crippen molar-refractivity contribution >= 4 is 17.9 Å². The summed E-state index contributed by atoms with van der Waals surface area (Å²) in [6.07, 6.45) is 0. The summed E-state index contributed by atoms with van der Waals surface area (Å²) in [6, 6.07) is 0. The third kappa shape index (κ3) is 1.93. The third-order valence-electron chi connectivity index (χ3n) is 2.44. The summed E-state index contributed by atoms with van der Waals surface area (Å²) >= 11 is 0. The highest BCUT2D eigenvalue weighted by Gasteiger charge is 2.65. The zero-order valence-corrected chi connectivity index (χ0v) is 8.68. The maximum atomic E-state index is 11.2. The van der Waals surface area contributed by atoms with Crippen molar-refractivity contribution < 1.29 is 28.6 Å². The van der Waals surface area contributed by atoms with Gasteiger partial charge in [0.15, 0.2) is 0 Å². The molecular formula is C9H12O6. The predicted octanol–water partition coefficient (Wildman–Crippen LogP) is -0.632. The van der Waals surface area contributed by atoms with E-state index in [4.69, 9.17) is 0 Å². The fraction of sp³-hybridized carbons (Fsp3) is 0.667.